The summed E-state index contributed by atoms with van der Waals surface area (Å²) >= 11 is 0. The molecule has 0 amide bonds. The lowest BCUT2D eigenvalue weighted by atomic mass is 10.1. The highest BCUT2D eigenvalue weighted by molar-refractivity contribution is 6.02. The number of nitrogens with zero attached hydrogens (tertiary/aromatic N) is 1. The molecular formula is C12H11NO5. The quantitative estimate of drug-likeness (QED) is 0.474. The molecule has 0 fully saturated rings. The van der Waals surface area contributed by atoms with Crippen LogP contribution < -0.4 is 0 Å². The average Bonchev–Trinajstić information content (AvgIpc) is 2.70. The van der Waals surface area contributed by atoms with E-state index in [0.29, 0.717) is 11.0 Å². The molecule has 0 spiro atoms. The number of benzene rings is 1. The maximum Gasteiger partial charge on any atom is 0.381 e. The van der Waals surface area contributed by atoms with Gasteiger partial charge in [0.2, 0.25) is 0 Å². The van der Waals surface area contributed by atoms with E-state index in [-0.39, 0.29) is 18.1 Å². The van der Waals surface area contributed by atoms with Crippen LogP contribution in [0.4, 0.5) is 5.69 Å². The summed E-state index contributed by atoms with van der Waals surface area (Å²) < 4.78 is 10.0. The Kier molecular flexibility index (Phi) is 3.01. The molecule has 0 aliphatic heterocycles. The predicted molar refractivity (Wildman–Crippen MR) is 63.6 cm³/mol. The zero-order valence-electron chi connectivity index (χ0n) is 9.93. The molecular weight excluding hydrogens is 238 g/mol. The number of carbonyl (C=O) groups excluding carboxylic acids is 1. The second kappa shape index (κ2) is 4.48. The molecule has 0 bridgehead atoms. The zero-order chi connectivity index (χ0) is 13.3. The van der Waals surface area contributed by atoms with Crippen molar-refractivity contribution in [2.75, 3.05) is 6.61 Å². The molecule has 0 N–H and O–H groups in total. The van der Waals surface area contributed by atoms with Gasteiger partial charge in [0, 0.05) is 0 Å². The molecule has 94 valence electrons. The van der Waals surface area contributed by atoms with Crippen molar-refractivity contribution in [1.29, 1.82) is 0 Å². The molecule has 0 unspecified atom stereocenters. The normalized spacial score (nSPS) is 10.6. The Balaban J connectivity index is 2.73. The lowest BCUT2D eigenvalue weighted by Crippen LogP contribution is -2.05. The van der Waals surface area contributed by atoms with Crippen molar-refractivity contribution in [1.82, 2.24) is 0 Å². The number of aryl methyl sites for hydroxylation is 1. The highest BCUT2D eigenvalue weighted by atomic mass is 16.6. The molecule has 18 heavy (non-hydrogen) atoms. The van der Waals surface area contributed by atoms with Gasteiger partial charge in [0.05, 0.1) is 16.9 Å². The second-order valence-electron chi connectivity index (χ2n) is 3.71. The van der Waals surface area contributed by atoms with Crippen molar-refractivity contribution in [3.63, 3.8) is 0 Å². The first-order valence-corrected chi connectivity index (χ1v) is 5.40. The van der Waals surface area contributed by atoms with Gasteiger partial charge in [-0.1, -0.05) is 12.1 Å². The van der Waals surface area contributed by atoms with Crippen LogP contribution in [0.15, 0.2) is 22.6 Å². The van der Waals surface area contributed by atoms with Gasteiger partial charge in [0.15, 0.2) is 0 Å². The van der Waals surface area contributed by atoms with E-state index in [1.165, 1.54) is 0 Å². The van der Waals surface area contributed by atoms with E-state index in [1.807, 2.05) is 0 Å². The Hall–Kier alpha value is -2.37. The van der Waals surface area contributed by atoms with Crippen LogP contribution in [0, 0.1) is 17.0 Å². The van der Waals surface area contributed by atoms with E-state index >= 15 is 0 Å². The minimum absolute atomic E-state index is 0.131. The lowest BCUT2D eigenvalue weighted by Gasteiger charge is -1.96. The third-order valence-electron chi connectivity index (χ3n) is 2.53. The standard InChI is InChI=1S/C12H11NO5/c1-3-17-12(14)11-9(13(15)16)8-6-4-5-7(2)10(8)18-11/h4-6H,3H2,1-2H3. The van der Waals surface area contributed by atoms with Gasteiger partial charge in [-0.3, -0.25) is 10.1 Å². The summed E-state index contributed by atoms with van der Waals surface area (Å²) in [7, 11) is 0. The van der Waals surface area contributed by atoms with Crippen molar-refractivity contribution in [3.8, 4) is 0 Å². The van der Waals surface area contributed by atoms with E-state index in [4.69, 9.17) is 9.15 Å². The van der Waals surface area contributed by atoms with Crippen molar-refractivity contribution >= 4 is 22.6 Å². The second-order valence-corrected chi connectivity index (χ2v) is 3.71. The molecule has 6 nitrogen and oxygen atoms in total. The first-order chi connectivity index (χ1) is 8.56. The Bertz CT molecular complexity index is 629. The smallest absolute Gasteiger partial charge is 0.381 e. The van der Waals surface area contributed by atoms with Crippen LogP contribution in [-0.4, -0.2) is 17.5 Å². The number of nitro groups is 1. The van der Waals surface area contributed by atoms with E-state index in [0.717, 1.165) is 5.56 Å². The molecule has 1 aromatic carbocycles. The fourth-order valence-electron chi connectivity index (χ4n) is 1.76. The molecule has 2 aromatic rings. The van der Waals surface area contributed by atoms with Gasteiger partial charge in [-0.05, 0) is 25.5 Å². The number of fused-ring (bicyclic) bond motifs is 1. The number of furan rings is 1. The zero-order valence-corrected chi connectivity index (χ0v) is 9.93. The van der Waals surface area contributed by atoms with Crippen molar-refractivity contribution in [3.05, 3.63) is 39.6 Å². The first-order valence-electron chi connectivity index (χ1n) is 5.40. The Morgan fingerprint density at radius 2 is 2.22 bits per heavy atom. The largest absolute Gasteiger partial charge is 0.460 e. The third kappa shape index (κ3) is 1.81. The Labute approximate surface area is 102 Å². The fraction of sp³-hybridized carbons (Fsp3) is 0.250. The van der Waals surface area contributed by atoms with E-state index in [2.05, 4.69) is 0 Å². The van der Waals surface area contributed by atoms with Crippen LogP contribution in [0.3, 0.4) is 0 Å². The number of hydrogen-bond acceptors (Lipinski definition) is 5. The van der Waals surface area contributed by atoms with Crippen LogP contribution in [-0.2, 0) is 4.74 Å². The van der Waals surface area contributed by atoms with Gasteiger partial charge in [-0.15, -0.1) is 0 Å². The Morgan fingerprint density at radius 3 is 2.83 bits per heavy atom. The molecule has 1 heterocycles. The van der Waals surface area contributed by atoms with Gasteiger partial charge in [-0.2, -0.15) is 0 Å². The highest BCUT2D eigenvalue weighted by Gasteiger charge is 2.31. The Morgan fingerprint density at radius 1 is 1.50 bits per heavy atom. The minimum atomic E-state index is -0.820. The summed E-state index contributed by atoms with van der Waals surface area (Å²) in [5.41, 5.74) is 0.727. The summed E-state index contributed by atoms with van der Waals surface area (Å²) in [6.45, 7) is 3.51. The number of hydrogen-bond donors (Lipinski definition) is 0. The highest BCUT2D eigenvalue weighted by Crippen LogP contribution is 2.34. The van der Waals surface area contributed by atoms with Crippen LogP contribution in [0.25, 0.3) is 11.0 Å². The fourth-order valence-corrected chi connectivity index (χ4v) is 1.76. The summed E-state index contributed by atoms with van der Waals surface area (Å²) in [6.07, 6.45) is 0. The maximum absolute atomic E-state index is 11.6. The lowest BCUT2D eigenvalue weighted by molar-refractivity contribution is -0.383. The van der Waals surface area contributed by atoms with Gasteiger partial charge in [0.1, 0.15) is 5.58 Å². The topological polar surface area (TPSA) is 82.6 Å². The molecule has 1 aromatic heterocycles. The molecule has 0 saturated carbocycles. The molecule has 0 aliphatic carbocycles. The maximum atomic E-state index is 11.6. The molecule has 6 heteroatoms. The average molecular weight is 249 g/mol. The van der Waals surface area contributed by atoms with Crippen LogP contribution in [0.1, 0.15) is 23.0 Å². The summed E-state index contributed by atoms with van der Waals surface area (Å²) in [5.74, 6) is -1.18. The SMILES string of the molecule is CCOC(=O)c1oc2c(C)cccc2c1[N+](=O)[O-]. The van der Waals surface area contributed by atoms with Crippen LogP contribution >= 0.6 is 0 Å². The van der Waals surface area contributed by atoms with Crippen molar-refractivity contribution in [2.24, 2.45) is 0 Å². The molecule has 2 rings (SSSR count). The first kappa shape index (κ1) is 12.1. The minimum Gasteiger partial charge on any atom is -0.460 e. The van der Waals surface area contributed by atoms with Crippen molar-refractivity contribution < 1.29 is 18.9 Å². The monoisotopic (exact) mass is 249 g/mol. The molecule has 0 aliphatic rings. The number of rotatable bonds is 3. The number of ether oxygens (including phenoxy) is 1. The summed E-state index contributed by atoms with van der Waals surface area (Å²) in [6, 6.07) is 4.98. The van der Waals surface area contributed by atoms with Gasteiger partial charge in [-0.25, -0.2) is 4.79 Å². The van der Waals surface area contributed by atoms with Crippen LogP contribution in [0.5, 0.6) is 0 Å². The summed E-state index contributed by atoms with van der Waals surface area (Å²) in [4.78, 5) is 22.1. The van der Waals surface area contributed by atoms with Gasteiger partial charge >= 0.3 is 11.7 Å². The third-order valence-corrected chi connectivity index (χ3v) is 2.53. The van der Waals surface area contributed by atoms with Gasteiger partial charge in [0.25, 0.3) is 5.76 Å². The summed E-state index contributed by atoms with van der Waals surface area (Å²) in [5, 5.41) is 11.4. The van der Waals surface area contributed by atoms with Gasteiger partial charge < -0.3 is 9.15 Å². The predicted octanol–water partition coefficient (Wildman–Crippen LogP) is 2.83. The molecule has 0 saturated heterocycles. The molecule has 0 atom stereocenters. The van der Waals surface area contributed by atoms with E-state index < -0.39 is 10.9 Å². The van der Waals surface area contributed by atoms with E-state index in [9.17, 15) is 14.9 Å². The number of carbonyl (C=O) groups is 1. The number of para-hydroxylation sites is 1. The molecule has 0 radical (unpaired) electrons. The van der Waals surface area contributed by atoms with Crippen LogP contribution in [0.2, 0.25) is 0 Å². The van der Waals surface area contributed by atoms with E-state index in [1.54, 1.807) is 32.0 Å². The number of esters is 1. The van der Waals surface area contributed by atoms with Crippen molar-refractivity contribution in [2.45, 2.75) is 13.8 Å².